The number of ether oxygens (including phenoxy) is 1. The van der Waals surface area contributed by atoms with Crippen molar-refractivity contribution in [2.24, 2.45) is 0 Å². The van der Waals surface area contributed by atoms with Crippen molar-refractivity contribution >= 4 is 50.9 Å². The molecule has 4 rings (SSSR count). The maximum Gasteiger partial charge on any atom is 0.261 e. The number of amides is 2. The van der Waals surface area contributed by atoms with Crippen molar-refractivity contribution in [3.63, 3.8) is 0 Å². The lowest BCUT2D eigenvalue weighted by Gasteiger charge is -2.33. The Labute approximate surface area is 242 Å². The molecule has 1 fully saturated rings. The van der Waals surface area contributed by atoms with Crippen molar-refractivity contribution < 1.29 is 14.3 Å². The van der Waals surface area contributed by atoms with Gasteiger partial charge >= 0.3 is 0 Å². The van der Waals surface area contributed by atoms with Crippen LogP contribution in [0, 0.1) is 0 Å². The van der Waals surface area contributed by atoms with Gasteiger partial charge in [0.2, 0.25) is 5.91 Å². The van der Waals surface area contributed by atoms with Gasteiger partial charge in [0.05, 0.1) is 4.47 Å². The Kier molecular flexibility index (Phi) is 10.5. The first-order valence-electron chi connectivity index (χ1n) is 12.8. The maximum absolute atomic E-state index is 13.8. The first kappa shape index (κ1) is 28.5. The van der Waals surface area contributed by atoms with Gasteiger partial charge in [-0.1, -0.05) is 84.9 Å². The van der Waals surface area contributed by atoms with E-state index < -0.39 is 6.04 Å². The third kappa shape index (κ3) is 8.23. The van der Waals surface area contributed by atoms with E-state index >= 15 is 0 Å². The number of hydrogen-bond acceptors (Lipinski definition) is 3. The van der Waals surface area contributed by atoms with Crippen LogP contribution in [0.5, 0.6) is 5.75 Å². The number of carbonyl (C=O) groups excluding carboxylic acids is 2. The molecular weight excluding hydrogens is 587 g/mol. The molecule has 0 heterocycles. The molecule has 0 spiro atoms. The van der Waals surface area contributed by atoms with Gasteiger partial charge in [-0.2, -0.15) is 0 Å². The van der Waals surface area contributed by atoms with Crippen LogP contribution in [-0.4, -0.2) is 35.4 Å². The summed E-state index contributed by atoms with van der Waals surface area (Å²) in [6.45, 7) is -0.0110. The van der Waals surface area contributed by atoms with Crippen molar-refractivity contribution in [1.29, 1.82) is 0 Å². The minimum Gasteiger partial charge on any atom is -0.483 e. The predicted octanol–water partition coefficient (Wildman–Crippen LogP) is 7.22. The van der Waals surface area contributed by atoms with Crippen molar-refractivity contribution in [1.82, 2.24) is 10.2 Å². The highest BCUT2D eigenvalue weighted by Gasteiger charge is 2.32. The Morgan fingerprint density at radius 1 is 0.921 bits per heavy atom. The molecule has 1 aliphatic rings. The summed E-state index contributed by atoms with van der Waals surface area (Å²) in [6.07, 6.45) is 5.69. The van der Waals surface area contributed by atoms with Gasteiger partial charge in [0.25, 0.3) is 5.91 Å². The molecule has 200 valence electrons. The molecule has 0 unspecified atom stereocenters. The zero-order valence-electron chi connectivity index (χ0n) is 21.0. The number of hydrogen-bond donors (Lipinski definition) is 1. The van der Waals surface area contributed by atoms with E-state index in [9.17, 15) is 9.59 Å². The quantitative estimate of drug-likeness (QED) is 0.261. The van der Waals surface area contributed by atoms with Crippen LogP contribution in [0.1, 0.15) is 43.2 Å². The number of rotatable bonds is 10. The summed E-state index contributed by atoms with van der Waals surface area (Å²) in [7, 11) is 0. The van der Waals surface area contributed by atoms with Gasteiger partial charge in [-0.3, -0.25) is 9.59 Å². The first-order valence-corrected chi connectivity index (χ1v) is 14.4. The monoisotopic (exact) mass is 616 g/mol. The van der Waals surface area contributed by atoms with Crippen LogP contribution < -0.4 is 10.1 Å². The van der Waals surface area contributed by atoms with Crippen LogP contribution >= 0.6 is 39.1 Å². The normalized spacial score (nSPS) is 14.5. The van der Waals surface area contributed by atoms with Gasteiger partial charge in [0.1, 0.15) is 11.8 Å². The molecule has 3 aromatic carbocycles. The average Bonchev–Trinajstić information content (AvgIpc) is 2.91. The molecule has 1 N–H and O–H groups in total. The van der Waals surface area contributed by atoms with Crippen LogP contribution in [0.2, 0.25) is 10.0 Å². The number of nitrogens with one attached hydrogen (secondary N) is 1. The Balaban J connectivity index is 1.62. The second kappa shape index (κ2) is 14.0. The van der Waals surface area contributed by atoms with Crippen LogP contribution in [0.4, 0.5) is 0 Å². The van der Waals surface area contributed by atoms with Crippen LogP contribution in [0.15, 0.2) is 77.3 Å². The molecule has 2 amide bonds. The molecular formula is C30H31BrCl2N2O3. The molecule has 1 atom stereocenters. The SMILES string of the molecule is O=C(NC1CCCCC1)[C@@H](Cc1ccccc1)N(Cc1cccc(Cl)c1)C(=O)COc1ccc(Cl)cc1Br. The molecule has 0 aliphatic heterocycles. The summed E-state index contributed by atoms with van der Waals surface area (Å²) in [4.78, 5) is 29.2. The minimum absolute atomic E-state index is 0.124. The summed E-state index contributed by atoms with van der Waals surface area (Å²) in [5, 5.41) is 4.37. The zero-order valence-corrected chi connectivity index (χ0v) is 24.1. The Hall–Kier alpha value is -2.54. The van der Waals surface area contributed by atoms with E-state index in [1.54, 1.807) is 29.2 Å². The highest BCUT2D eigenvalue weighted by molar-refractivity contribution is 9.10. The molecule has 1 saturated carbocycles. The lowest BCUT2D eigenvalue weighted by molar-refractivity contribution is -0.143. The van der Waals surface area contributed by atoms with E-state index in [2.05, 4.69) is 21.2 Å². The van der Waals surface area contributed by atoms with Gasteiger partial charge in [0.15, 0.2) is 6.61 Å². The van der Waals surface area contributed by atoms with Crippen molar-refractivity contribution in [3.8, 4) is 5.75 Å². The standard InChI is InChI=1S/C30H31BrCl2N2O3/c31-26-18-24(33)14-15-28(26)38-20-29(36)35(19-22-10-7-11-23(32)16-22)27(17-21-8-3-1-4-9-21)30(37)34-25-12-5-2-6-13-25/h1,3-4,7-11,14-16,18,25,27H,2,5-6,12-13,17,19-20H2,(H,34,37)/t27-/m1/s1. The van der Waals surface area contributed by atoms with Gasteiger partial charge in [-0.15, -0.1) is 0 Å². The average molecular weight is 618 g/mol. The molecule has 5 nitrogen and oxygen atoms in total. The van der Waals surface area contributed by atoms with Gasteiger partial charge < -0.3 is 15.0 Å². The topological polar surface area (TPSA) is 58.6 Å². The van der Waals surface area contributed by atoms with E-state index in [0.717, 1.165) is 36.8 Å². The molecule has 0 radical (unpaired) electrons. The van der Waals surface area contributed by atoms with E-state index in [-0.39, 0.29) is 31.0 Å². The van der Waals surface area contributed by atoms with E-state index in [1.807, 2.05) is 48.5 Å². The summed E-state index contributed by atoms with van der Waals surface area (Å²) in [5.74, 6) is 0.0482. The smallest absolute Gasteiger partial charge is 0.261 e. The predicted molar refractivity (Wildman–Crippen MR) is 156 cm³/mol. The van der Waals surface area contributed by atoms with Crippen LogP contribution in [0.3, 0.4) is 0 Å². The molecule has 38 heavy (non-hydrogen) atoms. The molecule has 1 aliphatic carbocycles. The second-order valence-electron chi connectivity index (χ2n) is 9.56. The number of halogens is 3. The second-order valence-corrected chi connectivity index (χ2v) is 11.3. The zero-order chi connectivity index (χ0) is 26.9. The summed E-state index contributed by atoms with van der Waals surface area (Å²) in [6, 6.07) is 21.6. The molecule has 0 bridgehead atoms. The van der Waals surface area contributed by atoms with Crippen molar-refractivity contribution in [3.05, 3.63) is 98.4 Å². The lowest BCUT2D eigenvalue weighted by atomic mass is 9.94. The highest BCUT2D eigenvalue weighted by Crippen LogP contribution is 2.28. The van der Waals surface area contributed by atoms with Gasteiger partial charge in [-0.05, 0) is 70.2 Å². The number of carbonyl (C=O) groups is 2. The molecule has 3 aromatic rings. The van der Waals surface area contributed by atoms with Crippen LogP contribution in [-0.2, 0) is 22.6 Å². The largest absolute Gasteiger partial charge is 0.483 e. The molecule has 8 heteroatoms. The van der Waals surface area contributed by atoms with Crippen molar-refractivity contribution in [2.45, 2.75) is 57.2 Å². The van der Waals surface area contributed by atoms with E-state index in [4.69, 9.17) is 27.9 Å². The molecule has 0 saturated heterocycles. The third-order valence-corrected chi connectivity index (χ3v) is 7.80. The third-order valence-electron chi connectivity index (χ3n) is 6.71. The Morgan fingerprint density at radius 3 is 2.34 bits per heavy atom. The lowest BCUT2D eigenvalue weighted by Crippen LogP contribution is -2.53. The summed E-state index contributed by atoms with van der Waals surface area (Å²) in [5.41, 5.74) is 1.81. The fraction of sp³-hybridized carbons (Fsp3) is 0.333. The minimum atomic E-state index is -0.719. The highest BCUT2D eigenvalue weighted by atomic mass is 79.9. The maximum atomic E-state index is 13.8. The summed E-state index contributed by atoms with van der Waals surface area (Å²) >= 11 is 15.7. The number of benzene rings is 3. The van der Waals surface area contributed by atoms with Crippen LogP contribution in [0.25, 0.3) is 0 Å². The Morgan fingerprint density at radius 2 is 1.63 bits per heavy atom. The van der Waals surface area contributed by atoms with E-state index in [1.165, 1.54) is 6.42 Å². The fourth-order valence-electron chi connectivity index (χ4n) is 4.74. The van der Waals surface area contributed by atoms with Gasteiger partial charge in [-0.25, -0.2) is 0 Å². The van der Waals surface area contributed by atoms with Gasteiger partial charge in [0, 0.05) is 29.1 Å². The Bertz CT molecular complexity index is 1240. The number of nitrogens with zero attached hydrogens (tertiary/aromatic N) is 1. The van der Waals surface area contributed by atoms with Crippen molar-refractivity contribution in [2.75, 3.05) is 6.61 Å². The summed E-state index contributed by atoms with van der Waals surface area (Å²) < 4.78 is 6.52. The van der Waals surface area contributed by atoms with E-state index in [0.29, 0.717) is 26.7 Å². The molecule has 0 aromatic heterocycles. The fourth-order valence-corrected chi connectivity index (χ4v) is 5.75. The first-order chi connectivity index (χ1) is 18.4.